The molecule has 0 radical (unpaired) electrons. The van der Waals surface area contributed by atoms with Crippen molar-refractivity contribution in [1.82, 2.24) is 9.21 Å². The molecule has 1 fully saturated rings. The summed E-state index contributed by atoms with van der Waals surface area (Å²) in [7, 11) is 1.13. The van der Waals surface area contributed by atoms with E-state index in [1.807, 2.05) is 17.0 Å². The molecule has 7 heteroatoms. The number of methoxy groups -OCH3 is 1. The van der Waals surface area contributed by atoms with Crippen LogP contribution in [0.4, 0.5) is 0 Å². The molecule has 1 aliphatic heterocycles. The minimum absolute atomic E-state index is 0.0563. The van der Waals surface area contributed by atoms with Gasteiger partial charge < -0.3 is 9.64 Å². The van der Waals surface area contributed by atoms with Crippen LogP contribution in [0.2, 0.25) is 0 Å². The molecule has 0 bridgehead atoms. The summed E-state index contributed by atoms with van der Waals surface area (Å²) in [6.45, 7) is 1.37. The zero-order valence-electron chi connectivity index (χ0n) is 17.2. The van der Waals surface area contributed by atoms with Crippen LogP contribution in [0.3, 0.4) is 0 Å². The van der Waals surface area contributed by atoms with E-state index in [0.717, 1.165) is 29.3 Å². The molecule has 0 N–H and O–H groups in total. The number of hydrogen-bond donors (Lipinski definition) is 0. The third-order valence-electron chi connectivity index (χ3n) is 5.43. The van der Waals surface area contributed by atoms with Gasteiger partial charge >= 0.3 is 0 Å². The van der Waals surface area contributed by atoms with Gasteiger partial charge in [-0.05, 0) is 54.8 Å². The summed E-state index contributed by atoms with van der Waals surface area (Å²) >= 11 is 0. The van der Waals surface area contributed by atoms with Crippen molar-refractivity contribution in [1.29, 1.82) is 0 Å². The molecule has 1 amide bonds. The molecule has 156 valence electrons. The second-order valence-corrected chi connectivity index (χ2v) is 9.68. The molecule has 1 heterocycles. The van der Waals surface area contributed by atoms with Gasteiger partial charge in [-0.1, -0.05) is 18.6 Å². The Balaban J connectivity index is 1.77. The summed E-state index contributed by atoms with van der Waals surface area (Å²) in [5.74, 6) is 1.04. The van der Waals surface area contributed by atoms with Crippen LogP contribution < -0.4 is 4.74 Å². The highest BCUT2D eigenvalue weighted by Crippen LogP contribution is 2.28. The second kappa shape index (κ2) is 8.97. The van der Waals surface area contributed by atoms with Gasteiger partial charge in [-0.15, -0.1) is 0 Å². The number of carbonyl (C=O) groups excluding carboxylic acids is 1. The van der Waals surface area contributed by atoms with Crippen LogP contribution in [0.25, 0.3) is 0 Å². The van der Waals surface area contributed by atoms with Gasteiger partial charge in [0.25, 0.3) is 5.91 Å². The maximum absolute atomic E-state index is 13.1. The van der Waals surface area contributed by atoms with Crippen LogP contribution in [0.15, 0.2) is 53.4 Å². The molecule has 0 aromatic heterocycles. The number of likely N-dealkylation sites (tertiary alicyclic amines) is 1. The first-order chi connectivity index (χ1) is 13.8. The summed E-state index contributed by atoms with van der Waals surface area (Å²) in [6, 6.07) is 14.3. The van der Waals surface area contributed by atoms with Gasteiger partial charge in [0, 0.05) is 38.7 Å². The normalized spacial score (nSPS) is 17.8. The molecular weight excluding hydrogens is 388 g/mol. The van der Waals surface area contributed by atoms with Gasteiger partial charge in [0.15, 0.2) is 0 Å². The van der Waals surface area contributed by atoms with E-state index >= 15 is 0 Å². The predicted molar refractivity (Wildman–Crippen MR) is 113 cm³/mol. The zero-order chi connectivity index (χ0) is 21.0. The van der Waals surface area contributed by atoms with Crippen LogP contribution >= 0.6 is 0 Å². The molecule has 1 aliphatic rings. The Morgan fingerprint density at radius 1 is 1.03 bits per heavy atom. The lowest BCUT2D eigenvalue weighted by atomic mass is 9.94. The number of carbonyl (C=O) groups is 1. The van der Waals surface area contributed by atoms with Crippen molar-refractivity contribution in [3.63, 3.8) is 0 Å². The van der Waals surface area contributed by atoms with Gasteiger partial charge in [0.05, 0.1) is 12.0 Å². The van der Waals surface area contributed by atoms with Crippen LogP contribution in [0.1, 0.15) is 41.1 Å². The summed E-state index contributed by atoms with van der Waals surface area (Å²) in [5, 5.41) is 0. The molecular formula is C22H28N2O4S. The minimum atomic E-state index is -3.50. The maximum Gasteiger partial charge on any atom is 0.253 e. The van der Waals surface area contributed by atoms with Crippen molar-refractivity contribution in [2.75, 3.05) is 34.3 Å². The number of amides is 1. The molecule has 1 saturated heterocycles. The van der Waals surface area contributed by atoms with Crippen molar-refractivity contribution in [3.05, 3.63) is 59.7 Å². The van der Waals surface area contributed by atoms with Crippen molar-refractivity contribution >= 4 is 15.9 Å². The van der Waals surface area contributed by atoms with Crippen LogP contribution in [0.5, 0.6) is 5.75 Å². The van der Waals surface area contributed by atoms with E-state index in [4.69, 9.17) is 4.74 Å². The molecule has 1 unspecified atom stereocenters. The molecule has 1 atom stereocenters. The van der Waals surface area contributed by atoms with Crippen molar-refractivity contribution in [2.24, 2.45) is 0 Å². The molecule has 6 nitrogen and oxygen atoms in total. The highest BCUT2D eigenvalue weighted by molar-refractivity contribution is 7.89. The molecule has 29 heavy (non-hydrogen) atoms. The Morgan fingerprint density at radius 3 is 2.28 bits per heavy atom. The van der Waals surface area contributed by atoms with E-state index in [9.17, 15) is 13.2 Å². The smallest absolute Gasteiger partial charge is 0.253 e. The second-order valence-electron chi connectivity index (χ2n) is 7.53. The first kappa shape index (κ1) is 21.3. The third kappa shape index (κ3) is 4.79. The topological polar surface area (TPSA) is 66.9 Å². The lowest BCUT2D eigenvalue weighted by Crippen LogP contribution is -2.34. The van der Waals surface area contributed by atoms with Gasteiger partial charge in [-0.3, -0.25) is 4.79 Å². The van der Waals surface area contributed by atoms with E-state index in [-0.39, 0.29) is 16.7 Å². The summed E-state index contributed by atoms with van der Waals surface area (Å²) < 4.78 is 30.9. The average Bonchev–Trinajstić information content (AvgIpc) is 2.99. The first-order valence-electron chi connectivity index (χ1n) is 9.78. The number of benzene rings is 2. The van der Waals surface area contributed by atoms with E-state index in [1.54, 1.807) is 19.2 Å². The summed E-state index contributed by atoms with van der Waals surface area (Å²) in [5.41, 5.74) is 1.72. The highest BCUT2D eigenvalue weighted by atomic mass is 32.2. The van der Waals surface area contributed by atoms with E-state index < -0.39 is 10.0 Å². The molecule has 2 aromatic rings. The van der Waals surface area contributed by atoms with E-state index in [0.29, 0.717) is 18.7 Å². The summed E-state index contributed by atoms with van der Waals surface area (Å²) in [6.07, 6.45) is 3.07. The number of nitrogens with zero attached hydrogens (tertiary/aromatic N) is 2. The quantitative estimate of drug-likeness (QED) is 0.750. The Labute approximate surface area is 173 Å². The van der Waals surface area contributed by atoms with Gasteiger partial charge in [0.1, 0.15) is 5.75 Å². The monoisotopic (exact) mass is 416 g/mol. The number of sulfonamides is 1. The van der Waals surface area contributed by atoms with Crippen molar-refractivity contribution in [2.45, 2.75) is 30.1 Å². The average molecular weight is 417 g/mol. The van der Waals surface area contributed by atoms with Crippen LogP contribution in [0, 0.1) is 0 Å². The molecule has 0 saturated carbocycles. The number of ether oxygens (including phenoxy) is 1. The lowest BCUT2D eigenvalue weighted by Gasteiger charge is -2.25. The van der Waals surface area contributed by atoms with Crippen LogP contribution in [-0.2, 0) is 10.0 Å². The highest BCUT2D eigenvalue weighted by Gasteiger charge is 2.25. The first-order valence-corrected chi connectivity index (χ1v) is 11.2. The van der Waals surface area contributed by atoms with E-state index in [1.165, 1.54) is 31.8 Å². The lowest BCUT2D eigenvalue weighted by molar-refractivity contribution is 0.0754. The number of hydrogen-bond acceptors (Lipinski definition) is 4. The standard InChI is InChI=1S/C22H28N2O4S/c1-23(2)29(26,27)21-13-9-18(10-14-21)22(25)24-15-5-4-6-19(16-24)17-7-11-20(28-3)12-8-17/h7-14,19H,4-6,15-16H2,1-3H3. The Kier molecular flexibility index (Phi) is 6.59. The Morgan fingerprint density at radius 2 is 1.69 bits per heavy atom. The molecule has 2 aromatic carbocycles. The zero-order valence-corrected chi connectivity index (χ0v) is 18.0. The van der Waals surface area contributed by atoms with E-state index in [2.05, 4.69) is 12.1 Å². The van der Waals surface area contributed by atoms with Gasteiger partial charge in [-0.2, -0.15) is 0 Å². The molecule has 0 aliphatic carbocycles. The minimum Gasteiger partial charge on any atom is -0.497 e. The maximum atomic E-state index is 13.1. The van der Waals surface area contributed by atoms with Crippen molar-refractivity contribution in [3.8, 4) is 5.75 Å². The largest absolute Gasteiger partial charge is 0.497 e. The molecule has 3 rings (SSSR count). The fourth-order valence-corrected chi connectivity index (χ4v) is 4.54. The fourth-order valence-electron chi connectivity index (χ4n) is 3.64. The number of rotatable bonds is 5. The fraction of sp³-hybridized carbons (Fsp3) is 0.409. The van der Waals surface area contributed by atoms with Crippen molar-refractivity contribution < 1.29 is 17.9 Å². The Hall–Kier alpha value is -2.38. The van der Waals surface area contributed by atoms with Gasteiger partial charge in [0.2, 0.25) is 10.0 Å². The third-order valence-corrected chi connectivity index (χ3v) is 7.25. The molecule has 0 spiro atoms. The van der Waals surface area contributed by atoms with Crippen LogP contribution in [-0.4, -0.2) is 57.8 Å². The van der Waals surface area contributed by atoms with Gasteiger partial charge in [-0.25, -0.2) is 12.7 Å². The SMILES string of the molecule is COc1ccc(C2CCCCN(C(=O)c3ccc(S(=O)(=O)N(C)C)cc3)C2)cc1. The summed E-state index contributed by atoms with van der Waals surface area (Å²) in [4.78, 5) is 15.1. The predicted octanol–water partition coefficient (Wildman–Crippen LogP) is 3.36. The Bertz CT molecular complexity index is 938.